The Hall–Kier alpha value is -2.57. The van der Waals surface area contributed by atoms with Crippen molar-refractivity contribution in [2.24, 2.45) is 4.40 Å². The third kappa shape index (κ3) is 5.87. The van der Waals surface area contributed by atoms with E-state index in [1.165, 1.54) is 38.1 Å². The number of urea groups is 1. The number of hydrogen-bond acceptors (Lipinski definition) is 8. The molecule has 2 aromatic rings. The minimum absolute atomic E-state index is 0.109. The smallest absolute Gasteiger partial charge is 0.307 e. The van der Waals surface area contributed by atoms with Crippen molar-refractivity contribution in [3.63, 3.8) is 0 Å². The van der Waals surface area contributed by atoms with Gasteiger partial charge in [-0.1, -0.05) is 35.4 Å². The fourth-order valence-electron chi connectivity index (χ4n) is 3.49. The molecule has 0 spiro atoms. The molecule has 14 heteroatoms. The van der Waals surface area contributed by atoms with Gasteiger partial charge in [0.1, 0.15) is 5.84 Å². The molecule has 0 aromatic heterocycles. The van der Waals surface area contributed by atoms with Crippen LogP contribution in [0.1, 0.15) is 31.4 Å². The molecule has 0 bridgehead atoms. The molecular formula is C22H28N3O8PS2. The molecule has 0 aliphatic carbocycles. The number of carbonyl (C=O) groups excluding carboxylic acids is 1. The van der Waals surface area contributed by atoms with Crippen LogP contribution in [-0.4, -0.2) is 52.0 Å². The summed E-state index contributed by atoms with van der Waals surface area (Å²) in [6, 6.07) is 10.4. The van der Waals surface area contributed by atoms with Crippen LogP contribution in [0.2, 0.25) is 0 Å². The van der Waals surface area contributed by atoms with E-state index in [1.807, 2.05) is 0 Å². The quantitative estimate of drug-likeness (QED) is 0.458. The van der Waals surface area contributed by atoms with Gasteiger partial charge in [-0.25, -0.2) is 17.5 Å². The van der Waals surface area contributed by atoms with Crippen molar-refractivity contribution in [2.45, 2.75) is 49.7 Å². The van der Waals surface area contributed by atoms with Crippen molar-refractivity contribution >= 4 is 39.5 Å². The van der Waals surface area contributed by atoms with Crippen molar-refractivity contribution in [1.82, 2.24) is 9.62 Å². The summed E-state index contributed by atoms with van der Waals surface area (Å²) in [5, 5.41) is 2.22. The highest BCUT2D eigenvalue weighted by molar-refractivity contribution is 7.90. The second-order valence-electron chi connectivity index (χ2n) is 7.93. The molecule has 1 aliphatic rings. The lowest BCUT2D eigenvalue weighted by Gasteiger charge is -2.38. The lowest BCUT2D eigenvalue weighted by molar-refractivity contribution is 0.184. The standard InChI is InChI=1S/C22H28N3O8PS2/c1-5-32-34(27,33-6-2)21-15-20(24-35(28,29)18-11-7-16(3)8-12-18)23-22(26)25(21)36(30,31)19-13-9-17(4)10-14-19/h7-14,21H,5-6,15H2,1-4H3,(H,23,24,26)/t21-/m0/s1. The molecule has 196 valence electrons. The van der Waals surface area contributed by atoms with Gasteiger partial charge in [-0.15, -0.1) is 4.40 Å². The monoisotopic (exact) mass is 557 g/mol. The van der Waals surface area contributed by atoms with Crippen LogP contribution in [0.4, 0.5) is 4.79 Å². The maximum Gasteiger partial charge on any atom is 0.354 e. The summed E-state index contributed by atoms with van der Waals surface area (Å²) in [5.74, 6) is -2.08. The van der Waals surface area contributed by atoms with Gasteiger partial charge >= 0.3 is 13.6 Å². The lowest BCUT2D eigenvalue weighted by atomic mass is 10.2. The SMILES string of the molecule is CCOP(=O)(OCC)[C@H]1C/C(=N\S(=O)(=O)c2ccc(C)cc2)NC(=O)N1S(=O)(=O)c1ccc(C)cc1. The van der Waals surface area contributed by atoms with Crippen LogP contribution in [0, 0.1) is 13.8 Å². The molecule has 2 amide bonds. The molecule has 1 N–H and O–H groups in total. The molecule has 3 rings (SSSR count). The van der Waals surface area contributed by atoms with Gasteiger partial charge in [-0.2, -0.15) is 8.42 Å². The van der Waals surface area contributed by atoms with Gasteiger partial charge in [-0.3, -0.25) is 9.88 Å². The topological polar surface area (TPSA) is 149 Å². The lowest BCUT2D eigenvalue weighted by Crippen LogP contribution is -2.57. The zero-order valence-electron chi connectivity index (χ0n) is 20.2. The molecule has 0 saturated carbocycles. The van der Waals surface area contributed by atoms with Crippen molar-refractivity contribution in [1.29, 1.82) is 0 Å². The van der Waals surface area contributed by atoms with Gasteiger partial charge in [0.15, 0.2) is 5.78 Å². The van der Waals surface area contributed by atoms with E-state index in [-0.39, 0.29) is 28.8 Å². The van der Waals surface area contributed by atoms with Gasteiger partial charge in [0.2, 0.25) is 0 Å². The summed E-state index contributed by atoms with van der Waals surface area (Å²) in [4.78, 5) is 12.8. The maximum absolute atomic E-state index is 13.7. The third-order valence-electron chi connectivity index (χ3n) is 5.21. The van der Waals surface area contributed by atoms with Crippen LogP contribution in [-0.2, 0) is 33.7 Å². The van der Waals surface area contributed by atoms with Gasteiger partial charge < -0.3 is 9.05 Å². The fraction of sp³-hybridized carbons (Fsp3) is 0.364. The number of nitrogens with one attached hydrogen (secondary N) is 1. The summed E-state index contributed by atoms with van der Waals surface area (Å²) < 4.78 is 81.3. The molecule has 1 aliphatic heterocycles. The van der Waals surface area contributed by atoms with Crippen LogP contribution in [0.5, 0.6) is 0 Å². The molecule has 0 radical (unpaired) electrons. The maximum atomic E-state index is 13.7. The Labute approximate surface area is 211 Å². The van der Waals surface area contributed by atoms with Crippen LogP contribution < -0.4 is 5.32 Å². The number of nitrogens with zero attached hydrogens (tertiary/aromatic N) is 2. The van der Waals surface area contributed by atoms with Crippen molar-refractivity contribution in [3.05, 3.63) is 59.7 Å². The highest BCUT2D eigenvalue weighted by atomic mass is 32.2. The van der Waals surface area contributed by atoms with Gasteiger partial charge in [0.05, 0.1) is 23.0 Å². The first-order chi connectivity index (χ1) is 16.8. The van der Waals surface area contributed by atoms with Crippen molar-refractivity contribution < 1.29 is 35.2 Å². The summed E-state index contributed by atoms with van der Waals surface area (Å²) in [6.45, 7) is 6.40. The van der Waals surface area contributed by atoms with Crippen molar-refractivity contribution in [2.75, 3.05) is 13.2 Å². The van der Waals surface area contributed by atoms with Crippen molar-refractivity contribution in [3.8, 4) is 0 Å². The predicted octanol–water partition coefficient (Wildman–Crippen LogP) is 3.79. The highest BCUT2D eigenvalue weighted by Gasteiger charge is 2.51. The Morgan fingerprint density at radius 2 is 1.39 bits per heavy atom. The minimum atomic E-state index is -4.54. The first-order valence-electron chi connectivity index (χ1n) is 11.1. The molecular weight excluding hydrogens is 529 g/mol. The van der Waals surface area contributed by atoms with Gasteiger partial charge in [0.25, 0.3) is 20.0 Å². The Morgan fingerprint density at radius 1 is 0.917 bits per heavy atom. The summed E-state index contributed by atoms with van der Waals surface area (Å²) in [5.41, 5.74) is 1.62. The number of sulfonamides is 2. The molecule has 1 saturated heterocycles. The molecule has 2 aromatic carbocycles. The molecule has 1 heterocycles. The number of hydrogen-bond donors (Lipinski definition) is 1. The third-order valence-corrected chi connectivity index (χ3v) is 10.9. The van der Waals surface area contributed by atoms with E-state index in [2.05, 4.69) is 9.71 Å². The first kappa shape index (κ1) is 28.0. The number of rotatable bonds is 9. The van der Waals surface area contributed by atoms with E-state index < -0.39 is 45.9 Å². The predicted molar refractivity (Wildman–Crippen MR) is 134 cm³/mol. The first-order valence-corrected chi connectivity index (χ1v) is 15.5. The summed E-state index contributed by atoms with van der Waals surface area (Å²) in [7, 11) is -13.1. The Balaban J connectivity index is 2.12. The molecule has 11 nitrogen and oxygen atoms in total. The average Bonchev–Trinajstić information content (AvgIpc) is 2.79. The summed E-state index contributed by atoms with van der Waals surface area (Å²) >= 11 is 0. The largest absolute Gasteiger partial charge is 0.354 e. The van der Waals surface area contributed by atoms with Crippen LogP contribution in [0.15, 0.2) is 62.7 Å². The van der Waals surface area contributed by atoms with Crippen LogP contribution in [0.25, 0.3) is 0 Å². The molecule has 0 unspecified atom stereocenters. The van der Waals surface area contributed by atoms with Crippen LogP contribution in [0.3, 0.4) is 0 Å². The van der Waals surface area contributed by atoms with E-state index in [4.69, 9.17) is 9.05 Å². The molecule has 1 atom stereocenters. The van der Waals surface area contributed by atoms with Gasteiger partial charge in [0, 0.05) is 6.42 Å². The second kappa shape index (κ2) is 10.8. The Kier molecular flexibility index (Phi) is 8.41. The van der Waals surface area contributed by atoms with E-state index >= 15 is 0 Å². The number of carbonyl (C=O) groups is 1. The molecule has 36 heavy (non-hydrogen) atoms. The second-order valence-corrected chi connectivity index (χ2v) is 13.5. The number of amides is 2. The normalized spacial score (nSPS) is 18.3. The Morgan fingerprint density at radius 3 is 1.86 bits per heavy atom. The number of amidine groups is 1. The fourth-order valence-corrected chi connectivity index (χ4v) is 8.47. The highest BCUT2D eigenvalue weighted by Crippen LogP contribution is 2.57. The van der Waals surface area contributed by atoms with E-state index in [9.17, 15) is 26.2 Å². The van der Waals surface area contributed by atoms with Gasteiger partial charge in [-0.05, 0) is 52.0 Å². The van der Waals surface area contributed by atoms with E-state index in [1.54, 1.807) is 38.1 Å². The van der Waals surface area contributed by atoms with Crippen LogP contribution >= 0.6 is 7.60 Å². The minimum Gasteiger partial charge on any atom is -0.307 e. The zero-order chi connectivity index (χ0) is 26.7. The number of aryl methyl sites for hydroxylation is 2. The number of benzene rings is 2. The average molecular weight is 558 g/mol. The van der Waals surface area contributed by atoms with E-state index in [0.29, 0.717) is 4.31 Å². The summed E-state index contributed by atoms with van der Waals surface area (Å²) in [6.07, 6.45) is -0.542. The van der Waals surface area contributed by atoms with E-state index in [0.717, 1.165) is 11.1 Å². The molecule has 1 fully saturated rings. The Bertz CT molecular complexity index is 1400. The zero-order valence-corrected chi connectivity index (χ0v) is 22.8.